The summed E-state index contributed by atoms with van der Waals surface area (Å²) in [6.07, 6.45) is -16.5. The summed E-state index contributed by atoms with van der Waals surface area (Å²) in [5.41, 5.74) is 2.57. The third-order valence-corrected chi connectivity index (χ3v) is 8.87. The Hall–Kier alpha value is -3.89. The normalized spacial score (nSPS) is 29.0. The van der Waals surface area contributed by atoms with Crippen LogP contribution >= 0.6 is 0 Å². The molecule has 288 valence electrons. The zero-order chi connectivity index (χ0) is 38.0. The number of methoxy groups -OCH3 is 1. The zero-order valence-corrected chi connectivity index (χ0v) is 29.9. The molecule has 2 aliphatic rings. The molecule has 2 aliphatic heterocycles. The molecule has 0 saturated carbocycles. The largest absolute Gasteiger partial charge is 0.458 e. The summed E-state index contributed by atoms with van der Waals surface area (Å²) >= 11 is 0. The lowest BCUT2D eigenvalue weighted by Gasteiger charge is -2.47. The molecule has 0 amide bonds. The lowest BCUT2D eigenvalue weighted by atomic mass is 9.90. The Labute approximate surface area is 306 Å². The minimum Gasteiger partial charge on any atom is -0.458 e. The molecule has 2 heterocycles. The van der Waals surface area contributed by atoms with E-state index in [-0.39, 0.29) is 19.8 Å². The first-order chi connectivity index (χ1) is 25.4. The Balaban J connectivity index is 1.46. The van der Waals surface area contributed by atoms with Crippen molar-refractivity contribution in [1.82, 2.24) is 0 Å². The first kappa shape index (κ1) is 40.3. The number of halogens is 3. The van der Waals surface area contributed by atoms with Gasteiger partial charge in [0.25, 0.3) is 0 Å². The number of carbonyl (C=O) groups excluding carboxylic acids is 2. The molecule has 2 unspecified atom stereocenters. The summed E-state index contributed by atoms with van der Waals surface area (Å²) in [6, 6.07) is 28.2. The van der Waals surface area contributed by atoms with Crippen molar-refractivity contribution in [2.75, 3.05) is 13.7 Å². The molecule has 11 nitrogen and oxygen atoms in total. The molecule has 0 spiro atoms. The van der Waals surface area contributed by atoms with Crippen LogP contribution in [0, 0.1) is 5.92 Å². The van der Waals surface area contributed by atoms with Gasteiger partial charge in [0.05, 0.1) is 32.5 Å². The highest BCUT2D eigenvalue weighted by Gasteiger charge is 2.60. The molecule has 2 saturated heterocycles. The Morgan fingerprint density at radius 1 is 0.604 bits per heavy atom. The van der Waals surface area contributed by atoms with Crippen molar-refractivity contribution in [1.29, 1.82) is 0 Å². The maximum Gasteiger partial charge on any atom is 0.400 e. The lowest BCUT2D eigenvalue weighted by molar-refractivity contribution is -0.358. The third kappa shape index (κ3) is 11.1. The fourth-order valence-corrected chi connectivity index (χ4v) is 6.43. The minimum absolute atomic E-state index is 0.0976. The summed E-state index contributed by atoms with van der Waals surface area (Å²) in [7, 11) is 1.42. The molecule has 0 N–H and O–H groups in total. The van der Waals surface area contributed by atoms with Crippen LogP contribution in [0.5, 0.6) is 0 Å². The monoisotopic (exact) mass is 746 g/mol. The van der Waals surface area contributed by atoms with Crippen LogP contribution in [0.1, 0.15) is 37.5 Å². The number of hydrogen-bond donors (Lipinski definition) is 0. The van der Waals surface area contributed by atoms with Crippen LogP contribution in [0.3, 0.4) is 0 Å². The second-order valence-electron chi connectivity index (χ2n) is 12.8. The van der Waals surface area contributed by atoms with Crippen LogP contribution in [0.4, 0.5) is 13.2 Å². The van der Waals surface area contributed by atoms with E-state index in [0.29, 0.717) is 0 Å². The van der Waals surface area contributed by atoms with Crippen molar-refractivity contribution in [3.63, 3.8) is 0 Å². The summed E-state index contributed by atoms with van der Waals surface area (Å²) < 4.78 is 97.9. The number of hydrogen-bond acceptors (Lipinski definition) is 11. The van der Waals surface area contributed by atoms with Gasteiger partial charge in [0.1, 0.15) is 30.3 Å². The molecule has 53 heavy (non-hydrogen) atoms. The molecule has 3 aromatic rings. The van der Waals surface area contributed by atoms with E-state index < -0.39 is 85.9 Å². The Bertz CT molecular complexity index is 1560. The smallest absolute Gasteiger partial charge is 0.400 e. The van der Waals surface area contributed by atoms with Gasteiger partial charge in [0.2, 0.25) is 0 Å². The van der Waals surface area contributed by atoms with Gasteiger partial charge in [-0.2, -0.15) is 13.2 Å². The summed E-state index contributed by atoms with van der Waals surface area (Å²) in [5.74, 6) is -4.39. The van der Waals surface area contributed by atoms with Crippen molar-refractivity contribution < 1.29 is 65.4 Å². The standard InChI is InChI=1S/C39H45F3O11/c1-24-32(51-25(2)43)34(52-26(3)44)31(39(40,41)42)37(50-24)49-23-30-33(46-20-27-14-8-5-9-15-27)35(47-21-28-16-10-6-11-17-28)36(38(45-4)53-30)48-22-29-18-12-7-13-19-29/h5-19,24,30-38H,20-23H2,1-4H3/t24-,30+,31+,32-,33+,34-,35?,36+,37?,38-/m0/s1. The first-order valence-electron chi connectivity index (χ1n) is 17.3. The molecular weight excluding hydrogens is 701 g/mol. The fourth-order valence-electron chi connectivity index (χ4n) is 6.43. The highest BCUT2D eigenvalue weighted by Crippen LogP contribution is 2.42. The average molecular weight is 747 g/mol. The maximum absolute atomic E-state index is 14.8. The molecule has 0 aromatic heterocycles. The SMILES string of the molecule is CO[C@H]1O[C@H](COC2O[C@@H](C)[C@H](OC(C)=O)[C@@H](OC(C)=O)[C@H]2C(F)(F)F)[C@@H](OCc2ccccc2)C(OCc2ccccc2)[C@H]1OCc1ccccc1. The van der Waals surface area contributed by atoms with Crippen molar-refractivity contribution in [2.24, 2.45) is 5.92 Å². The molecule has 0 bridgehead atoms. The van der Waals surface area contributed by atoms with Crippen LogP contribution in [0.15, 0.2) is 91.0 Å². The van der Waals surface area contributed by atoms with Crippen molar-refractivity contribution in [2.45, 2.75) is 102 Å². The van der Waals surface area contributed by atoms with E-state index in [4.69, 9.17) is 42.6 Å². The van der Waals surface area contributed by atoms with Crippen molar-refractivity contribution in [3.8, 4) is 0 Å². The molecule has 3 aromatic carbocycles. The summed E-state index contributed by atoms with van der Waals surface area (Å²) in [4.78, 5) is 23.9. The van der Waals surface area contributed by atoms with E-state index >= 15 is 0 Å². The van der Waals surface area contributed by atoms with Crippen LogP contribution in [-0.2, 0) is 72.0 Å². The number of esters is 2. The van der Waals surface area contributed by atoms with Crippen LogP contribution in [0.25, 0.3) is 0 Å². The van der Waals surface area contributed by atoms with Crippen LogP contribution in [-0.4, -0.2) is 87.1 Å². The minimum atomic E-state index is -5.01. The molecule has 14 heteroatoms. The maximum atomic E-state index is 14.8. The fraction of sp³-hybridized carbons (Fsp3) is 0.487. The number of benzene rings is 3. The molecule has 2 fully saturated rings. The van der Waals surface area contributed by atoms with Crippen molar-refractivity contribution in [3.05, 3.63) is 108 Å². The highest BCUT2D eigenvalue weighted by molar-refractivity contribution is 5.67. The predicted molar refractivity (Wildman–Crippen MR) is 182 cm³/mol. The van der Waals surface area contributed by atoms with Gasteiger partial charge in [0, 0.05) is 21.0 Å². The predicted octanol–water partition coefficient (Wildman–Crippen LogP) is 5.92. The van der Waals surface area contributed by atoms with Gasteiger partial charge in [-0.25, -0.2) is 0 Å². The number of carbonyl (C=O) groups is 2. The van der Waals surface area contributed by atoms with Gasteiger partial charge in [-0.05, 0) is 23.6 Å². The second-order valence-corrected chi connectivity index (χ2v) is 12.8. The molecule has 5 rings (SSSR count). The van der Waals surface area contributed by atoms with E-state index in [1.807, 2.05) is 91.0 Å². The molecule has 0 aliphatic carbocycles. The van der Waals surface area contributed by atoms with Gasteiger partial charge >= 0.3 is 18.1 Å². The highest BCUT2D eigenvalue weighted by atomic mass is 19.4. The Kier molecular flexibility index (Phi) is 14.4. The zero-order valence-electron chi connectivity index (χ0n) is 29.9. The van der Waals surface area contributed by atoms with E-state index in [1.165, 1.54) is 14.0 Å². The van der Waals surface area contributed by atoms with Gasteiger partial charge in [-0.1, -0.05) is 91.0 Å². The quantitative estimate of drug-likeness (QED) is 0.173. The number of ether oxygens (including phenoxy) is 9. The Morgan fingerprint density at radius 3 is 1.51 bits per heavy atom. The second kappa shape index (κ2) is 18.9. The third-order valence-electron chi connectivity index (χ3n) is 8.87. The van der Waals surface area contributed by atoms with Crippen LogP contribution in [0.2, 0.25) is 0 Å². The molecular formula is C39H45F3O11. The lowest BCUT2D eigenvalue weighted by Crippen LogP contribution is -2.63. The van der Waals surface area contributed by atoms with E-state index in [2.05, 4.69) is 0 Å². The average Bonchev–Trinajstić information content (AvgIpc) is 3.13. The van der Waals surface area contributed by atoms with E-state index in [1.54, 1.807) is 0 Å². The van der Waals surface area contributed by atoms with E-state index in [9.17, 15) is 22.8 Å². The van der Waals surface area contributed by atoms with Crippen LogP contribution < -0.4 is 0 Å². The van der Waals surface area contributed by atoms with Gasteiger partial charge < -0.3 is 42.6 Å². The first-order valence-corrected chi connectivity index (χ1v) is 17.3. The Morgan fingerprint density at radius 2 is 1.06 bits per heavy atom. The van der Waals surface area contributed by atoms with Gasteiger partial charge in [-0.15, -0.1) is 0 Å². The van der Waals surface area contributed by atoms with Gasteiger partial charge in [0.15, 0.2) is 24.8 Å². The summed E-state index contributed by atoms with van der Waals surface area (Å²) in [5, 5.41) is 0. The number of alkyl halides is 3. The summed E-state index contributed by atoms with van der Waals surface area (Å²) in [6.45, 7) is 3.33. The van der Waals surface area contributed by atoms with E-state index in [0.717, 1.165) is 30.5 Å². The topological polar surface area (TPSA) is 117 Å². The van der Waals surface area contributed by atoms with Gasteiger partial charge in [-0.3, -0.25) is 9.59 Å². The number of rotatable bonds is 15. The molecule has 10 atom stereocenters. The molecule has 0 radical (unpaired) electrons. The van der Waals surface area contributed by atoms with Crippen molar-refractivity contribution >= 4 is 11.9 Å².